The van der Waals surface area contributed by atoms with E-state index in [9.17, 15) is 33.9 Å². The topological polar surface area (TPSA) is 222 Å². The first-order valence-corrected chi connectivity index (χ1v) is 8.89. The molecule has 0 saturated carbocycles. The zero-order chi connectivity index (χ0) is 22.1. The smallest absolute Gasteiger partial charge is 0.326 e. The molecule has 3 unspecified atom stereocenters. The van der Waals surface area contributed by atoms with Crippen molar-refractivity contribution in [2.24, 2.45) is 11.5 Å². The summed E-state index contributed by atoms with van der Waals surface area (Å²) < 4.78 is 0. The lowest BCUT2D eigenvalue weighted by Gasteiger charge is -2.26. The summed E-state index contributed by atoms with van der Waals surface area (Å²) in [5.41, 5.74) is 10.6. The molecule has 162 valence electrons. The number of likely N-dealkylation sites (tertiary alicyclic amines) is 1. The van der Waals surface area contributed by atoms with Crippen molar-refractivity contribution in [3.05, 3.63) is 0 Å². The number of nitrogens with zero attached hydrogens (tertiary/aromatic N) is 1. The molecule has 0 aromatic heterocycles. The third kappa shape index (κ3) is 7.73. The second-order valence-electron chi connectivity index (χ2n) is 6.58. The highest BCUT2D eigenvalue weighted by Gasteiger charge is 2.38. The molecule has 0 radical (unpaired) electrons. The van der Waals surface area contributed by atoms with Gasteiger partial charge < -0.3 is 37.2 Å². The normalized spacial score (nSPS) is 17.8. The number of hydrogen-bond acceptors (Lipinski definition) is 7. The summed E-state index contributed by atoms with van der Waals surface area (Å²) in [5, 5.41) is 22.2. The second-order valence-corrected chi connectivity index (χ2v) is 6.58. The minimum absolute atomic E-state index is 0.128. The summed E-state index contributed by atoms with van der Waals surface area (Å²) in [7, 11) is 0. The van der Waals surface area contributed by atoms with E-state index in [1.165, 1.54) is 0 Å². The maximum Gasteiger partial charge on any atom is 0.326 e. The molecule has 1 fully saturated rings. The monoisotopic (exact) mass is 415 g/mol. The Hall–Kier alpha value is -3.22. The fraction of sp³-hybridized carbons (Fsp3) is 0.625. The maximum absolute atomic E-state index is 12.6. The van der Waals surface area contributed by atoms with E-state index in [1.54, 1.807) is 0 Å². The van der Waals surface area contributed by atoms with E-state index in [4.69, 9.17) is 16.6 Å². The lowest BCUT2D eigenvalue weighted by Crippen LogP contribution is -2.54. The van der Waals surface area contributed by atoms with Crippen LogP contribution in [0.3, 0.4) is 0 Å². The Morgan fingerprint density at radius 2 is 1.79 bits per heavy atom. The van der Waals surface area contributed by atoms with Gasteiger partial charge in [0, 0.05) is 13.0 Å². The first-order chi connectivity index (χ1) is 13.5. The predicted molar refractivity (Wildman–Crippen MR) is 96.0 cm³/mol. The molecule has 1 saturated heterocycles. The van der Waals surface area contributed by atoms with Crippen LogP contribution in [0.25, 0.3) is 0 Å². The molecule has 0 bridgehead atoms. The molecule has 0 spiro atoms. The lowest BCUT2D eigenvalue weighted by atomic mass is 10.1. The molecule has 8 N–H and O–H groups in total. The summed E-state index contributed by atoms with van der Waals surface area (Å²) in [5.74, 6) is -5.54. The van der Waals surface area contributed by atoms with Gasteiger partial charge in [-0.3, -0.25) is 24.0 Å². The third-order valence-electron chi connectivity index (χ3n) is 4.29. The Balaban J connectivity index is 2.66. The van der Waals surface area contributed by atoms with Gasteiger partial charge in [-0.15, -0.1) is 0 Å². The Morgan fingerprint density at radius 3 is 2.34 bits per heavy atom. The van der Waals surface area contributed by atoms with Gasteiger partial charge in [-0.1, -0.05) is 0 Å². The van der Waals surface area contributed by atoms with Crippen LogP contribution in [0.5, 0.6) is 0 Å². The number of carboxylic acid groups (broad SMARTS) is 2. The van der Waals surface area contributed by atoms with E-state index in [1.807, 2.05) is 0 Å². The number of carbonyl (C=O) groups excluding carboxylic acids is 4. The van der Waals surface area contributed by atoms with Gasteiger partial charge in [0.2, 0.25) is 23.6 Å². The summed E-state index contributed by atoms with van der Waals surface area (Å²) >= 11 is 0. The van der Waals surface area contributed by atoms with Crippen LogP contribution in [0.4, 0.5) is 0 Å². The molecule has 13 heteroatoms. The van der Waals surface area contributed by atoms with Crippen molar-refractivity contribution in [3.8, 4) is 0 Å². The first kappa shape index (κ1) is 23.8. The Kier molecular flexibility index (Phi) is 8.99. The van der Waals surface area contributed by atoms with Gasteiger partial charge >= 0.3 is 11.9 Å². The molecule has 0 aliphatic carbocycles. The number of carbonyl (C=O) groups is 6. The number of aliphatic carboxylic acids is 2. The van der Waals surface area contributed by atoms with E-state index in [-0.39, 0.29) is 25.8 Å². The number of nitrogens with two attached hydrogens (primary N) is 2. The summed E-state index contributed by atoms with van der Waals surface area (Å²) in [6.45, 7) is -0.416. The van der Waals surface area contributed by atoms with E-state index in [2.05, 4.69) is 10.6 Å². The Bertz CT molecular complexity index is 682. The van der Waals surface area contributed by atoms with E-state index < -0.39 is 66.7 Å². The van der Waals surface area contributed by atoms with E-state index >= 15 is 0 Å². The minimum Gasteiger partial charge on any atom is -0.481 e. The van der Waals surface area contributed by atoms with Crippen molar-refractivity contribution >= 4 is 35.6 Å². The predicted octanol–water partition coefficient (Wildman–Crippen LogP) is -3.27. The van der Waals surface area contributed by atoms with Gasteiger partial charge in [-0.05, 0) is 19.3 Å². The van der Waals surface area contributed by atoms with Crippen LogP contribution in [0.2, 0.25) is 0 Å². The van der Waals surface area contributed by atoms with E-state index in [0.717, 1.165) is 4.90 Å². The van der Waals surface area contributed by atoms with Crippen LogP contribution in [0.15, 0.2) is 0 Å². The standard InChI is InChI=1S/C16H25N5O8/c17-8(3-4-13(24)25)14(26)19-7-12(23)20-9(6-11(18)22)15(27)21-5-1-2-10(21)16(28)29/h8-10H,1-7,17H2,(H2,18,22)(H,19,26)(H,20,23)(H,24,25)(H,28,29). The molecule has 13 nitrogen and oxygen atoms in total. The van der Waals surface area contributed by atoms with Crippen LogP contribution in [0.1, 0.15) is 32.1 Å². The van der Waals surface area contributed by atoms with Crippen molar-refractivity contribution < 1.29 is 39.0 Å². The van der Waals surface area contributed by atoms with Crippen molar-refractivity contribution in [2.75, 3.05) is 13.1 Å². The number of rotatable bonds is 11. The molecule has 1 aliphatic rings. The van der Waals surface area contributed by atoms with Crippen molar-refractivity contribution in [1.82, 2.24) is 15.5 Å². The van der Waals surface area contributed by atoms with E-state index in [0.29, 0.717) is 6.42 Å². The highest BCUT2D eigenvalue weighted by Crippen LogP contribution is 2.19. The SMILES string of the molecule is NC(=O)CC(NC(=O)CNC(=O)C(N)CCC(=O)O)C(=O)N1CCCC1C(=O)O. The van der Waals surface area contributed by atoms with Crippen molar-refractivity contribution in [2.45, 2.75) is 50.2 Å². The second kappa shape index (κ2) is 10.9. The molecule has 1 aliphatic heterocycles. The van der Waals surface area contributed by atoms with Crippen LogP contribution >= 0.6 is 0 Å². The molecule has 4 amide bonds. The van der Waals surface area contributed by atoms with Gasteiger partial charge in [-0.2, -0.15) is 0 Å². The average molecular weight is 415 g/mol. The average Bonchev–Trinajstić information content (AvgIpc) is 3.12. The summed E-state index contributed by atoms with van der Waals surface area (Å²) in [6.07, 6.45) is -0.278. The maximum atomic E-state index is 12.6. The van der Waals surface area contributed by atoms with Gasteiger partial charge in [0.15, 0.2) is 0 Å². The zero-order valence-electron chi connectivity index (χ0n) is 15.6. The summed E-state index contributed by atoms with van der Waals surface area (Å²) in [6, 6.07) is -3.57. The first-order valence-electron chi connectivity index (χ1n) is 8.89. The van der Waals surface area contributed by atoms with Gasteiger partial charge in [0.1, 0.15) is 12.1 Å². The largest absolute Gasteiger partial charge is 0.481 e. The lowest BCUT2D eigenvalue weighted by molar-refractivity contribution is -0.149. The number of amides is 4. The van der Waals surface area contributed by atoms with Crippen LogP contribution in [-0.2, 0) is 28.8 Å². The third-order valence-corrected chi connectivity index (χ3v) is 4.29. The molecular weight excluding hydrogens is 390 g/mol. The van der Waals surface area contributed by atoms with Gasteiger partial charge in [0.05, 0.1) is 19.0 Å². The van der Waals surface area contributed by atoms with Crippen molar-refractivity contribution in [3.63, 3.8) is 0 Å². The number of primary amides is 1. The molecule has 29 heavy (non-hydrogen) atoms. The molecule has 0 aromatic carbocycles. The highest BCUT2D eigenvalue weighted by atomic mass is 16.4. The Morgan fingerprint density at radius 1 is 1.14 bits per heavy atom. The fourth-order valence-electron chi connectivity index (χ4n) is 2.84. The zero-order valence-corrected chi connectivity index (χ0v) is 15.6. The highest BCUT2D eigenvalue weighted by molar-refractivity contribution is 5.95. The Labute approximate surface area is 165 Å². The molecular formula is C16H25N5O8. The number of carboxylic acids is 2. The summed E-state index contributed by atoms with van der Waals surface area (Å²) in [4.78, 5) is 70.5. The molecule has 3 atom stereocenters. The van der Waals surface area contributed by atoms with Crippen molar-refractivity contribution in [1.29, 1.82) is 0 Å². The van der Waals surface area contributed by atoms with Gasteiger partial charge in [-0.25, -0.2) is 4.79 Å². The van der Waals surface area contributed by atoms with Crippen LogP contribution in [-0.4, -0.2) is 81.9 Å². The fourth-order valence-corrected chi connectivity index (χ4v) is 2.84. The van der Waals surface area contributed by atoms with Crippen LogP contribution in [0, 0.1) is 0 Å². The van der Waals surface area contributed by atoms with Gasteiger partial charge in [0.25, 0.3) is 0 Å². The number of hydrogen-bond donors (Lipinski definition) is 6. The molecule has 1 heterocycles. The van der Waals surface area contributed by atoms with Crippen LogP contribution < -0.4 is 22.1 Å². The molecule has 0 aromatic rings. The minimum atomic E-state index is -1.38. The number of nitrogens with one attached hydrogen (secondary N) is 2. The molecule has 1 rings (SSSR count). The quantitative estimate of drug-likeness (QED) is 0.199.